The van der Waals surface area contributed by atoms with E-state index in [2.05, 4.69) is 5.32 Å². The lowest BCUT2D eigenvalue weighted by atomic mass is 10.2. The average Bonchev–Trinajstić information content (AvgIpc) is 2.30. The van der Waals surface area contributed by atoms with Gasteiger partial charge in [-0.2, -0.15) is 0 Å². The van der Waals surface area contributed by atoms with E-state index in [9.17, 15) is 14.7 Å². The SMILES string of the molecule is O=C([O-])[C@@H](O)[C@@H](O)C(=O)Nc1ccc(Cl)cc1. The maximum absolute atomic E-state index is 11.3. The number of aliphatic hydroxyl groups excluding tert-OH is 2. The van der Waals surface area contributed by atoms with E-state index < -0.39 is 24.1 Å². The summed E-state index contributed by atoms with van der Waals surface area (Å²) in [5.74, 6) is -2.98. The molecule has 3 N–H and O–H groups in total. The average molecular weight is 259 g/mol. The molecular formula is C10H9ClNO5-. The largest absolute Gasteiger partial charge is 0.547 e. The molecular weight excluding hydrogens is 250 g/mol. The Morgan fingerprint density at radius 2 is 1.71 bits per heavy atom. The van der Waals surface area contributed by atoms with Gasteiger partial charge in [0.25, 0.3) is 5.91 Å². The van der Waals surface area contributed by atoms with Gasteiger partial charge in [-0.1, -0.05) is 11.6 Å². The first kappa shape index (κ1) is 13.4. The number of hydrogen-bond acceptors (Lipinski definition) is 5. The highest BCUT2D eigenvalue weighted by molar-refractivity contribution is 6.30. The molecule has 0 unspecified atom stereocenters. The molecule has 6 nitrogen and oxygen atoms in total. The van der Waals surface area contributed by atoms with Crippen LogP contribution < -0.4 is 10.4 Å². The summed E-state index contributed by atoms with van der Waals surface area (Å²) in [5.41, 5.74) is 0.309. The molecule has 0 bridgehead atoms. The summed E-state index contributed by atoms with van der Waals surface area (Å²) < 4.78 is 0. The normalized spacial score (nSPS) is 13.8. The Labute approximate surface area is 101 Å². The van der Waals surface area contributed by atoms with Crippen LogP contribution in [-0.2, 0) is 9.59 Å². The van der Waals surface area contributed by atoms with E-state index in [1.807, 2.05) is 0 Å². The molecule has 0 aliphatic carbocycles. The lowest BCUT2D eigenvalue weighted by Crippen LogP contribution is -2.48. The molecule has 0 saturated carbocycles. The number of carboxylic acid groups (broad SMARTS) is 1. The van der Waals surface area contributed by atoms with Crippen LogP contribution in [0.3, 0.4) is 0 Å². The highest BCUT2D eigenvalue weighted by Crippen LogP contribution is 2.13. The fraction of sp³-hybridized carbons (Fsp3) is 0.200. The van der Waals surface area contributed by atoms with Crippen LogP contribution >= 0.6 is 11.6 Å². The van der Waals surface area contributed by atoms with Gasteiger partial charge in [0.1, 0.15) is 6.10 Å². The lowest BCUT2D eigenvalue weighted by Gasteiger charge is -2.17. The molecule has 92 valence electrons. The number of hydrogen-bond donors (Lipinski definition) is 3. The second-order valence-corrected chi connectivity index (χ2v) is 3.64. The van der Waals surface area contributed by atoms with Crippen molar-refractivity contribution in [2.75, 3.05) is 5.32 Å². The number of halogens is 1. The first-order chi connectivity index (χ1) is 7.91. The maximum atomic E-state index is 11.3. The molecule has 2 atom stereocenters. The van der Waals surface area contributed by atoms with Crippen molar-refractivity contribution in [2.24, 2.45) is 0 Å². The van der Waals surface area contributed by atoms with Crippen LogP contribution in [0.25, 0.3) is 0 Å². The summed E-state index contributed by atoms with van der Waals surface area (Å²) in [6, 6.07) is 5.91. The molecule has 0 fully saturated rings. The number of carbonyl (C=O) groups is 2. The Hall–Kier alpha value is -1.63. The van der Waals surface area contributed by atoms with Crippen molar-refractivity contribution >= 4 is 29.2 Å². The smallest absolute Gasteiger partial charge is 0.256 e. The standard InChI is InChI=1S/C10H10ClNO5/c11-5-1-3-6(4-2-5)12-9(15)7(13)8(14)10(16)17/h1-4,7-8,13-14H,(H,12,15)(H,16,17)/p-1/t7-,8+/m1/s1. The van der Waals surface area contributed by atoms with E-state index in [0.29, 0.717) is 10.7 Å². The first-order valence-corrected chi connectivity index (χ1v) is 4.93. The highest BCUT2D eigenvalue weighted by atomic mass is 35.5. The lowest BCUT2D eigenvalue weighted by molar-refractivity contribution is -0.317. The van der Waals surface area contributed by atoms with Gasteiger partial charge in [-0.3, -0.25) is 4.79 Å². The number of benzene rings is 1. The summed E-state index contributed by atoms with van der Waals surface area (Å²) in [6.07, 6.45) is -4.38. The first-order valence-electron chi connectivity index (χ1n) is 4.55. The van der Waals surface area contributed by atoms with Crippen LogP contribution in [0, 0.1) is 0 Å². The minimum absolute atomic E-state index is 0.309. The summed E-state index contributed by atoms with van der Waals surface area (Å²) in [7, 11) is 0. The van der Waals surface area contributed by atoms with Gasteiger partial charge >= 0.3 is 0 Å². The minimum Gasteiger partial charge on any atom is -0.547 e. The second kappa shape index (κ2) is 5.62. The molecule has 0 aliphatic heterocycles. The molecule has 0 aliphatic rings. The molecule has 17 heavy (non-hydrogen) atoms. The van der Waals surface area contributed by atoms with Crippen molar-refractivity contribution in [2.45, 2.75) is 12.2 Å². The Balaban J connectivity index is 2.66. The van der Waals surface area contributed by atoms with Crippen molar-refractivity contribution in [3.05, 3.63) is 29.3 Å². The molecule has 1 amide bonds. The summed E-state index contributed by atoms with van der Waals surface area (Å²) in [4.78, 5) is 21.5. The third kappa shape index (κ3) is 3.70. The topological polar surface area (TPSA) is 110 Å². The van der Waals surface area contributed by atoms with Gasteiger partial charge in [0.2, 0.25) is 0 Å². The van der Waals surface area contributed by atoms with E-state index in [-0.39, 0.29) is 0 Å². The number of amides is 1. The van der Waals surface area contributed by atoms with E-state index in [4.69, 9.17) is 21.8 Å². The molecule has 1 rings (SSSR count). The molecule has 7 heteroatoms. The third-order valence-electron chi connectivity index (χ3n) is 1.92. The Morgan fingerprint density at radius 3 is 2.18 bits per heavy atom. The molecule has 0 spiro atoms. The Morgan fingerprint density at radius 1 is 1.18 bits per heavy atom. The molecule has 0 saturated heterocycles. The minimum atomic E-state index is -2.28. The van der Waals surface area contributed by atoms with Gasteiger partial charge in [0.05, 0.1) is 5.97 Å². The second-order valence-electron chi connectivity index (χ2n) is 3.20. The fourth-order valence-corrected chi connectivity index (χ4v) is 1.15. The number of nitrogens with one attached hydrogen (secondary N) is 1. The zero-order valence-electron chi connectivity index (χ0n) is 8.46. The fourth-order valence-electron chi connectivity index (χ4n) is 1.02. The maximum Gasteiger partial charge on any atom is 0.256 e. The zero-order chi connectivity index (χ0) is 13.0. The molecule has 0 radical (unpaired) electrons. The number of aliphatic carboxylic acids is 1. The quantitative estimate of drug-likeness (QED) is 0.625. The van der Waals surface area contributed by atoms with Crippen LogP contribution in [0.4, 0.5) is 5.69 Å². The van der Waals surface area contributed by atoms with Crippen molar-refractivity contribution in [3.8, 4) is 0 Å². The number of anilines is 1. The van der Waals surface area contributed by atoms with Crippen molar-refractivity contribution in [3.63, 3.8) is 0 Å². The summed E-state index contributed by atoms with van der Waals surface area (Å²) in [5, 5.41) is 30.9. The number of carbonyl (C=O) groups excluding carboxylic acids is 2. The molecule has 1 aromatic carbocycles. The Kier molecular flexibility index (Phi) is 4.45. The van der Waals surface area contributed by atoms with E-state index in [1.165, 1.54) is 24.3 Å². The summed E-state index contributed by atoms with van der Waals surface area (Å²) in [6.45, 7) is 0. The van der Waals surface area contributed by atoms with Crippen LogP contribution in [-0.4, -0.2) is 34.3 Å². The van der Waals surface area contributed by atoms with E-state index in [1.54, 1.807) is 0 Å². The third-order valence-corrected chi connectivity index (χ3v) is 2.17. The van der Waals surface area contributed by atoms with Crippen LogP contribution in [0.2, 0.25) is 5.02 Å². The predicted octanol–water partition coefficient (Wildman–Crippen LogP) is -1.25. The number of carboxylic acids is 1. The van der Waals surface area contributed by atoms with Gasteiger partial charge in [0.15, 0.2) is 6.10 Å². The van der Waals surface area contributed by atoms with Gasteiger partial charge in [-0.25, -0.2) is 0 Å². The predicted molar refractivity (Wildman–Crippen MR) is 57.1 cm³/mol. The van der Waals surface area contributed by atoms with E-state index >= 15 is 0 Å². The Bertz CT molecular complexity index is 419. The van der Waals surface area contributed by atoms with Gasteiger partial charge in [0, 0.05) is 10.7 Å². The van der Waals surface area contributed by atoms with Crippen molar-refractivity contribution < 1.29 is 24.9 Å². The zero-order valence-corrected chi connectivity index (χ0v) is 9.22. The monoisotopic (exact) mass is 258 g/mol. The number of aliphatic hydroxyl groups is 2. The molecule has 0 aromatic heterocycles. The van der Waals surface area contributed by atoms with E-state index in [0.717, 1.165) is 0 Å². The number of rotatable bonds is 4. The molecule has 1 aromatic rings. The van der Waals surface area contributed by atoms with Crippen LogP contribution in [0.15, 0.2) is 24.3 Å². The highest BCUT2D eigenvalue weighted by Gasteiger charge is 2.25. The van der Waals surface area contributed by atoms with Crippen LogP contribution in [0.5, 0.6) is 0 Å². The van der Waals surface area contributed by atoms with Gasteiger partial charge < -0.3 is 25.4 Å². The van der Waals surface area contributed by atoms with Crippen LogP contribution in [0.1, 0.15) is 0 Å². The van der Waals surface area contributed by atoms with Gasteiger partial charge in [-0.15, -0.1) is 0 Å². The summed E-state index contributed by atoms with van der Waals surface area (Å²) >= 11 is 5.61. The molecule has 0 heterocycles. The van der Waals surface area contributed by atoms with Crippen molar-refractivity contribution in [1.29, 1.82) is 0 Å². The van der Waals surface area contributed by atoms with Gasteiger partial charge in [-0.05, 0) is 24.3 Å². The van der Waals surface area contributed by atoms with Crippen molar-refractivity contribution in [1.82, 2.24) is 0 Å².